The van der Waals surface area contributed by atoms with Gasteiger partial charge in [-0.25, -0.2) is 0 Å². The van der Waals surface area contributed by atoms with Crippen molar-refractivity contribution >= 4 is 32.9 Å². The molecule has 1 aliphatic heterocycles. The molecular formula is C44H50N2. The Morgan fingerprint density at radius 1 is 0.913 bits per heavy atom. The number of likely N-dealkylation sites (N-methyl/N-ethyl adjacent to an activating group) is 1. The fourth-order valence-corrected chi connectivity index (χ4v) is 8.01. The first kappa shape index (κ1) is 31.7. The summed E-state index contributed by atoms with van der Waals surface area (Å²) >= 11 is 0. The third kappa shape index (κ3) is 5.42. The van der Waals surface area contributed by atoms with Crippen molar-refractivity contribution in [2.45, 2.75) is 77.6 Å². The van der Waals surface area contributed by atoms with Gasteiger partial charge in [0.25, 0.3) is 0 Å². The van der Waals surface area contributed by atoms with E-state index in [1.807, 2.05) is 7.05 Å². The molecule has 0 radical (unpaired) electrons. The van der Waals surface area contributed by atoms with Gasteiger partial charge in [0.1, 0.15) is 0 Å². The molecule has 0 saturated heterocycles. The molecule has 0 unspecified atom stereocenters. The molecule has 0 saturated carbocycles. The number of allylic oxidation sites excluding steroid dienone is 9. The summed E-state index contributed by atoms with van der Waals surface area (Å²) < 4.78 is 0. The Bertz CT molecular complexity index is 1940. The number of rotatable bonds is 8. The molecule has 0 aromatic heterocycles. The number of hydrogen-bond acceptors (Lipinski definition) is 2. The molecule has 0 spiro atoms. The van der Waals surface area contributed by atoms with Crippen LogP contribution in [0, 0.1) is 0 Å². The van der Waals surface area contributed by atoms with Gasteiger partial charge in [0, 0.05) is 42.0 Å². The molecule has 1 aliphatic carbocycles. The van der Waals surface area contributed by atoms with Crippen LogP contribution in [-0.2, 0) is 10.8 Å². The van der Waals surface area contributed by atoms with Crippen molar-refractivity contribution in [2.75, 3.05) is 24.3 Å². The SMILES string of the molecule is C=C(/C=C/C1=C(CCC)C(=C/C=C2\N(C)c3ccc4ccccc4c3C2(C)C)/CCC1)C(C)(C)c1c(NC)ccc2ccccc12. The highest BCUT2D eigenvalue weighted by Gasteiger charge is 2.39. The summed E-state index contributed by atoms with van der Waals surface area (Å²) in [7, 11) is 4.24. The van der Waals surface area contributed by atoms with Gasteiger partial charge in [0.15, 0.2) is 0 Å². The number of fused-ring (bicyclic) bond motifs is 4. The van der Waals surface area contributed by atoms with Crippen LogP contribution in [0.25, 0.3) is 21.5 Å². The van der Waals surface area contributed by atoms with Crippen LogP contribution in [0.2, 0.25) is 0 Å². The molecule has 46 heavy (non-hydrogen) atoms. The summed E-state index contributed by atoms with van der Waals surface area (Å²) in [5.41, 5.74) is 11.9. The summed E-state index contributed by atoms with van der Waals surface area (Å²) in [5, 5.41) is 8.67. The molecule has 0 atom stereocenters. The fourth-order valence-electron chi connectivity index (χ4n) is 8.01. The Hall–Kier alpha value is -4.30. The van der Waals surface area contributed by atoms with Crippen molar-refractivity contribution in [1.82, 2.24) is 0 Å². The first-order valence-corrected chi connectivity index (χ1v) is 17.1. The summed E-state index contributed by atoms with van der Waals surface area (Å²) in [6.07, 6.45) is 15.2. The Morgan fingerprint density at radius 3 is 2.30 bits per heavy atom. The number of hydrogen-bond donors (Lipinski definition) is 1. The smallest absolute Gasteiger partial charge is 0.0454 e. The third-order valence-electron chi connectivity index (χ3n) is 10.6. The zero-order chi connectivity index (χ0) is 32.6. The van der Waals surface area contributed by atoms with Gasteiger partial charge in [-0.05, 0) is 98.9 Å². The van der Waals surface area contributed by atoms with Crippen LogP contribution in [0.1, 0.15) is 77.8 Å². The fraction of sp³-hybridized carbons (Fsp3) is 0.318. The lowest BCUT2D eigenvalue weighted by atomic mass is 9.74. The molecule has 2 heteroatoms. The number of nitrogens with zero attached hydrogens (tertiary/aromatic N) is 1. The zero-order valence-electron chi connectivity index (χ0n) is 28.9. The standard InChI is InChI=1S/C44H50N2/c1-9-15-35-31(23-22-30(2)43(3,4)41-36-20-12-10-16-33(36)24-27-38(41)45-7)18-14-19-32(35)26-29-40-44(5,6)42-37-21-13-11-17-34(37)25-28-39(42)46(40)8/h10-13,16-17,20-29,45H,2,9,14-15,18-19H2,1,3-8H3/b23-22+,32-26+,40-29-. The molecular weight excluding hydrogens is 556 g/mol. The van der Waals surface area contributed by atoms with Crippen LogP contribution >= 0.6 is 0 Å². The molecule has 4 aromatic rings. The van der Waals surface area contributed by atoms with E-state index in [2.05, 4.69) is 156 Å². The van der Waals surface area contributed by atoms with Crippen LogP contribution in [0.15, 0.2) is 132 Å². The van der Waals surface area contributed by atoms with Crippen LogP contribution in [0.4, 0.5) is 11.4 Å². The summed E-state index contributed by atoms with van der Waals surface area (Å²) in [6, 6.07) is 26.5. The van der Waals surface area contributed by atoms with Crippen molar-refractivity contribution in [3.63, 3.8) is 0 Å². The van der Waals surface area contributed by atoms with E-state index < -0.39 is 0 Å². The van der Waals surface area contributed by atoms with E-state index in [4.69, 9.17) is 0 Å². The normalized spacial score (nSPS) is 18.4. The van der Waals surface area contributed by atoms with Crippen LogP contribution < -0.4 is 10.2 Å². The van der Waals surface area contributed by atoms with Gasteiger partial charge in [-0.15, -0.1) is 0 Å². The van der Waals surface area contributed by atoms with Gasteiger partial charge in [-0.3, -0.25) is 0 Å². The summed E-state index contributed by atoms with van der Waals surface area (Å²) in [4.78, 5) is 2.41. The lowest BCUT2D eigenvalue weighted by molar-refractivity contribution is 0.644. The van der Waals surface area contributed by atoms with Crippen LogP contribution in [0.5, 0.6) is 0 Å². The molecule has 1 heterocycles. The predicted octanol–water partition coefficient (Wildman–Crippen LogP) is 11.9. The molecule has 4 aromatic carbocycles. The Labute approximate surface area is 276 Å². The van der Waals surface area contributed by atoms with Crippen molar-refractivity contribution in [2.24, 2.45) is 0 Å². The predicted molar refractivity (Wildman–Crippen MR) is 202 cm³/mol. The van der Waals surface area contributed by atoms with Gasteiger partial charge in [-0.2, -0.15) is 0 Å². The Morgan fingerprint density at radius 2 is 1.59 bits per heavy atom. The number of nitrogens with one attached hydrogen (secondary N) is 1. The van der Waals surface area contributed by atoms with Gasteiger partial charge in [-0.1, -0.05) is 127 Å². The van der Waals surface area contributed by atoms with Crippen molar-refractivity contribution < 1.29 is 0 Å². The van der Waals surface area contributed by atoms with E-state index in [-0.39, 0.29) is 10.8 Å². The molecule has 2 aliphatic rings. The minimum Gasteiger partial charge on any atom is -0.388 e. The van der Waals surface area contributed by atoms with Crippen molar-refractivity contribution in [3.05, 3.63) is 143 Å². The molecule has 6 rings (SSSR count). The second kappa shape index (κ2) is 12.5. The average Bonchev–Trinajstić information content (AvgIpc) is 3.26. The second-order valence-electron chi connectivity index (χ2n) is 14.2. The van der Waals surface area contributed by atoms with Crippen molar-refractivity contribution in [3.8, 4) is 0 Å². The lowest BCUT2D eigenvalue weighted by Crippen LogP contribution is -2.22. The molecule has 0 bridgehead atoms. The quantitative estimate of drug-likeness (QED) is 0.201. The largest absolute Gasteiger partial charge is 0.388 e. The number of anilines is 2. The minimum absolute atomic E-state index is 0.0782. The van der Waals surface area contributed by atoms with E-state index in [1.54, 1.807) is 0 Å². The minimum atomic E-state index is -0.239. The lowest BCUT2D eigenvalue weighted by Gasteiger charge is -2.30. The summed E-state index contributed by atoms with van der Waals surface area (Å²) in [5.74, 6) is 0. The number of benzene rings is 4. The van der Waals surface area contributed by atoms with E-state index in [1.165, 1.54) is 67.2 Å². The second-order valence-corrected chi connectivity index (χ2v) is 14.2. The highest BCUT2D eigenvalue weighted by Crippen LogP contribution is 2.50. The van der Waals surface area contributed by atoms with Crippen molar-refractivity contribution in [1.29, 1.82) is 0 Å². The summed E-state index contributed by atoms with van der Waals surface area (Å²) in [6.45, 7) is 16.3. The monoisotopic (exact) mass is 606 g/mol. The van der Waals surface area contributed by atoms with E-state index >= 15 is 0 Å². The van der Waals surface area contributed by atoms with Crippen LogP contribution in [0.3, 0.4) is 0 Å². The van der Waals surface area contributed by atoms with E-state index in [9.17, 15) is 0 Å². The average molecular weight is 607 g/mol. The first-order valence-electron chi connectivity index (χ1n) is 17.1. The van der Waals surface area contributed by atoms with Gasteiger partial charge >= 0.3 is 0 Å². The van der Waals surface area contributed by atoms with Crippen LogP contribution in [-0.4, -0.2) is 14.1 Å². The van der Waals surface area contributed by atoms with Gasteiger partial charge in [0.2, 0.25) is 0 Å². The molecule has 2 nitrogen and oxygen atoms in total. The maximum atomic E-state index is 4.65. The maximum Gasteiger partial charge on any atom is 0.0454 e. The van der Waals surface area contributed by atoms with E-state index in [0.717, 1.165) is 36.9 Å². The van der Waals surface area contributed by atoms with Gasteiger partial charge in [0.05, 0.1) is 0 Å². The maximum absolute atomic E-state index is 4.65. The van der Waals surface area contributed by atoms with E-state index in [0.29, 0.717) is 0 Å². The highest BCUT2D eigenvalue weighted by atomic mass is 15.2. The molecule has 0 amide bonds. The topological polar surface area (TPSA) is 15.3 Å². The van der Waals surface area contributed by atoms with Gasteiger partial charge < -0.3 is 10.2 Å². The molecule has 1 N–H and O–H groups in total. The zero-order valence-corrected chi connectivity index (χ0v) is 28.9. The third-order valence-corrected chi connectivity index (χ3v) is 10.6. The highest BCUT2D eigenvalue weighted by molar-refractivity contribution is 5.95. The molecule has 0 fully saturated rings. The Balaban J connectivity index is 1.35. The molecule has 236 valence electrons. The Kier molecular flexibility index (Phi) is 8.59. The first-order chi connectivity index (χ1) is 22.1.